The Bertz CT molecular complexity index is 369. The summed E-state index contributed by atoms with van der Waals surface area (Å²) in [6, 6.07) is 4.05. The van der Waals surface area contributed by atoms with Crippen LogP contribution in [0.3, 0.4) is 0 Å². The van der Waals surface area contributed by atoms with Gasteiger partial charge in [0.25, 0.3) is 5.92 Å². The molecule has 0 amide bonds. The van der Waals surface area contributed by atoms with E-state index in [1.807, 2.05) is 0 Å². The van der Waals surface area contributed by atoms with Crippen LogP contribution in [0.5, 0.6) is 0 Å². The number of halogens is 3. The van der Waals surface area contributed by atoms with Crippen LogP contribution in [0, 0.1) is 0 Å². The summed E-state index contributed by atoms with van der Waals surface area (Å²) in [6.45, 7) is 2.15. The van der Waals surface area contributed by atoms with E-state index in [-0.39, 0.29) is 16.9 Å². The molecule has 0 saturated carbocycles. The van der Waals surface area contributed by atoms with Gasteiger partial charge in [0.15, 0.2) is 5.78 Å². The number of ketones is 1. The van der Waals surface area contributed by atoms with Crippen molar-refractivity contribution in [3.8, 4) is 0 Å². The lowest BCUT2D eigenvalue weighted by Crippen LogP contribution is -2.08. The Morgan fingerprint density at radius 1 is 1.36 bits per heavy atom. The largest absolute Gasteiger partial charge is 0.295 e. The molecule has 14 heavy (non-hydrogen) atoms. The fraction of sp³-hybridized carbons (Fsp3) is 0.300. The van der Waals surface area contributed by atoms with Crippen LogP contribution in [0.2, 0.25) is 0 Å². The lowest BCUT2D eigenvalue weighted by atomic mass is 10.0. The van der Waals surface area contributed by atoms with Gasteiger partial charge in [-0.2, -0.15) is 0 Å². The summed E-state index contributed by atoms with van der Waals surface area (Å²) < 4.78 is 26.4. The highest BCUT2D eigenvalue weighted by Gasteiger charge is 2.25. The van der Waals surface area contributed by atoms with Gasteiger partial charge < -0.3 is 0 Å². The average molecular weight is 263 g/mol. The molecule has 0 unspecified atom stereocenters. The van der Waals surface area contributed by atoms with Crippen LogP contribution in [0.4, 0.5) is 8.78 Å². The van der Waals surface area contributed by atoms with E-state index < -0.39 is 5.92 Å². The van der Waals surface area contributed by atoms with Crippen molar-refractivity contribution in [1.82, 2.24) is 0 Å². The van der Waals surface area contributed by atoms with E-state index in [0.717, 1.165) is 6.92 Å². The molecule has 0 aliphatic carbocycles. The quantitative estimate of drug-likeness (QED) is 0.742. The molecule has 4 heteroatoms. The molecule has 0 heterocycles. The van der Waals surface area contributed by atoms with Crippen LogP contribution >= 0.6 is 15.9 Å². The smallest absolute Gasteiger partial charge is 0.270 e. The van der Waals surface area contributed by atoms with E-state index in [4.69, 9.17) is 0 Å². The van der Waals surface area contributed by atoms with Crippen molar-refractivity contribution in [2.45, 2.75) is 19.8 Å². The molecule has 1 aromatic rings. The number of hydrogen-bond donors (Lipinski definition) is 0. The first-order valence-corrected chi connectivity index (χ1v) is 4.80. The first-order chi connectivity index (χ1) is 6.30. The molecular formula is C10H9BrF2O. The zero-order valence-electron chi connectivity index (χ0n) is 7.77. The van der Waals surface area contributed by atoms with Crippen molar-refractivity contribution in [2.24, 2.45) is 0 Å². The minimum Gasteiger partial charge on any atom is -0.295 e. The molecule has 0 bridgehead atoms. The molecule has 0 N–H and O–H groups in total. The van der Waals surface area contributed by atoms with Gasteiger partial charge in [-0.1, -0.05) is 15.9 Å². The van der Waals surface area contributed by atoms with E-state index in [9.17, 15) is 13.6 Å². The average Bonchev–Trinajstić information content (AvgIpc) is 2.01. The topological polar surface area (TPSA) is 17.1 Å². The van der Waals surface area contributed by atoms with Crippen molar-refractivity contribution >= 4 is 21.7 Å². The van der Waals surface area contributed by atoms with Gasteiger partial charge in [0.05, 0.1) is 0 Å². The van der Waals surface area contributed by atoms with Crippen LogP contribution in [0.15, 0.2) is 22.7 Å². The third-order valence-corrected chi connectivity index (χ3v) is 2.27. The Kier molecular flexibility index (Phi) is 3.04. The van der Waals surface area contributed by atoms with Crippen molar-refractivity contribution < 1.29 is 13.6 Å². The second-order valence-electron chi connectivity index (χ2n) is 3.17. The molecule has 0 aliphatic heterocycles. The van der Waals surface area contributed by atoms with E-state index in [1.54, 1.807) is 0 Å². The summed E-state index contributed by atoms with van der Waals surface area (Å²) >= 11 is 3.09. The van der Waals surface area contributed by atoms with Gasteiger partial charge in [-0.15, -0.1) is 0 Å². The first-order valence-electron chi connectivity index (χ1n) is 4.00. The standard InChI is InChI=1S/C10H9BrF2O/c1-6(14)7-3-8(10(2,12)13)5-9(11)4-7/h3-5H,1-2H3. The molecule has 1 nitrogen and oxygen atoms in total. The molecule has 76 valence electrons. The maximum Gasteiger partial charge on any atom is 0.270 e. The number of carbonyl (C=O) groups is 1. The maximum atomic E-state index is 12.9. The maximum absolute atomic E-state index is 12.9. The van der Waals surface area contributed by atoms with Crippen molar-refractivity contribution in [2.75, 3.05) is 0 Å². The summed E-state index contributed by atoms with van der Waals surface area (Å²) in [4.78, 5) is 11.0. The van der Waals surface area contributed by atoms with E-state index in [2.05, 4.69) is 15.9 Å². The fourth-order valence-corrected chi connectivity index (χ4v) is 1.54. The zero-order valence-corrected chi connectivity index (χ0v) is 9.36. The van der Waals surface area contributed by atoms with Crippen molar-refractivity contribution in [3.05, 3.63) is 33.8 Å². The number of rotatable bonds is 2. The van der Waals surface area contributed by atoms with Gasteiger partial charge in [-0.25, -0.2) is 8.78 Å². The zero-order chi connectivity index (χ0) is 10.9. The summed E-state index contributed by atoms with van der Waals surface area (Å²) in [5, 5.41) is 0. The van der Waals surface area contributed by atoms with Crippen LogP contribution < -0.4 is 0 Å². The van der Waals surface area contributed by atoms with E-state index >= 15 is 0 Å². The molecule has 0 radical (unpaired) electrons. The Hall–Kier alpha value is -0.770. The van der Waals surface area contributed by atoms with E-state index in [0.29, 0.717) is 4.47 Å². The number of carbonyl (C=O) groups excluding carboxylic acids is 1. The lowest BCUT2D eigenvalue weighted by molar-refractivity contribution is 0.0174. The fourth-order valence-electron chi connectivity index (χ4n) is 1.05. The number of hydrogen-bond acceptors (Lipinski definition) is 1. The van der Waals surface area contributed by atoms with E-state index in [1.165, 1.54) is 25.1 Å². The molecule has 0 atom stereocenters. The third kappa shape index (κ3) is 2.61. The van der Waals surface area contributed by atoms with Gasteiger partial charge in [0, 0.05) is 22.5 Å². The highest BCUT2D eigenvalue weighted by Crippen LogP contribution is 2.30. The second-order valence-corrected chi connectivity index (χ2v) is 4.09. The Morgan fingerprint density at radius 2 is 1.93 bits per heavy atom. The number of benzene rings is 1. The van der Waals surface area contributed by atoms with Crippen LogP contribution in [-0.2, 0) is 5.92 Å². The first kappa shape index (κ1) is 11.3. The highest BCUT2D eigenvalue weighted by molar-refractivity contribution is 9.10. The Morgan fingerprint density at radius 3 is 2.36 bits per heavy atom. The van der Waals surface area contributed by atoms with Gasteiger partial charge in [0.1, 0.15) is 0 Å². The molecule has 0 fully saturated rings. The van der Waals surface area contributed by atoms with Crippen molar-refractivity contribution in [1.29, 1.82) is 0 Å². The second kappa shape index (κ2) is 3.77. The monoisotopic (exact) mass is 262 g/mol. The minimum absolute atomic E-state index is 0.155. The Labute approximate surface area is 89.3 Å². The normalized spacial score (nSPS) is 11.5. The van der Waals surface area contributed by atoms with Crippen LogP contribution in [-0.4, -0.2) is 5.78 Å². The molecule has 0 saturated heterocycles. The summed E-state index contributed by atoms with van der Waals surface area (Å²) in [6.07, 6.45) is 0. The van der Waals surface area contributed by atoms with Gasteiger partial charge in [-0.05, 0) is 25.1 Å². The summed E-state index contributed by atoms with van der Waals surface area (Å²) in [7, 11) is 0. The highest BCUT2D eigenvalue weighted by atomic mass is 79.9. The number of alkyl halides is 2. The molecule has 0 spiro atoms. The van der Waals surface area contributed by atoms with Crippen LogP contribution in [0.1, 0.15) is 29.8 Å². The molecular weight excluding hydrogens is 254 g/mol. The third-order valence-electron chi connectivity index (χ3n) is 1.81. The van der Waals surface area contributed by atoms with Crippen molar-refractivity contribution in [3.63, 3.8) is 0 Å². The molecule has 1 rings (SSSR count). The van der Waals surface area contributed by atoms with Gasteiger partial charge >= 0.3 is 0 Å². The summed E-state index contributed by atoms with van der Waals surface area (Å²) in [5.41, 5.74) is 0.132. The predicted molar refractivity (Wildman–Crippen MR) is 53.7 cm³/mol. The minimum atomic E-state index is -2.92. The number of Topliss-reactive ketones (excluding diaryl/α,β-unsaturated/α-hetero) is 1. The molecule has 1 aromatic carbocycles. The predicted octanol–water partition coefficient (Wildman–Crippen LogP) is 3.76. The van der Waals surface area contributed by atoms with Crippen LogP contribution in [0.25, 0.3) is 0 Å². The van der Waals surface area contributed by atoms with Gasteiger partial charge in [0.2, 0.25) is 0 Å². The molecule has 0 aromatic heterocycles. The Balaban J connectivity index is 3.28. The summed E-state index contributed by atoms with van der Waals surface area (Å²) in [5.74, 6) is -3.15. The SMILES string of the molecule is CC(=O)c1cc(Br)cc(C(C)(F)F)c1. The molecule has 0 aliphatic rings. The lowest BCUT2D eigenvalue weighted by Gasteiger charge is -2.11. The van der Waals surface area contributed by atoms with Gasteiger partial charge in [-0.3, -0.25) is 4.79 Å².